The van der Waals surface area contributed by atoms with Crippen molar-refractivity contribution in [3.05, 3.63) is 0 Å². The van der Waals surface area contributed by atoms with Crippen LogP contribution in [0.25, 0.3) is 0 Å². The molecule has 6 nitrogen and oxygen atoms in total. The fourth-order valence-corrected chi connectivity index (χ4v) is 5.39. The molecule has 7 heteroatoms. The molecular formula is C15H30N4O2S. The molecule has 0 amide bonds. The molecule has 3 fully saturated rings. The van der Waals surface area contributed by atoms with Gasteiger partial charge in [-0.15, -0.1) is 0 Å². The van der Waals surface area contributed by atoms with Crippen LogP contribution in [0.2, 0.25) is 0 Å². The number of fused-ring (bicyclic) bond motifs is 2. The molecule has 0 aliphatic carbocycles. The molecule has 3 aliphatic rings. The van der Waals surface area contributed by atoms with E-state index in [2.05, 4.69) is 14.5 Å². The van der Waals surface area contributed by atoms with Crippen LogP contribution < -0.4 is 10.5 Å². The highest BCUT2D eigenvalue weighted by molar-refractivity contribution is 7.88. The maximum absolute atomic E-state index is 11.4. The predicted molar refractivity (Wildman–Crippen MR) is 88.2 cm³/mol. The molecular weight excluding hydrogens is 300 g/mol. The minimum atomic E-state index is -3.10. The lowest BCUT2D eigenvalue weighted by Crippen LogP contribution is -2.52. The highest BCUT2D eigenvalue weighted by atomic mass is 32.2. The average Bonchev–Trinajstić information content (AvgIpc) is 2.65. The Morgan fingerprint density at radius 2 is 1.82 bits per heavy atom. The van der Waals surface area contributed by atoms with E-state index >= 15 is 0 Å². The molecule has 22 heavy (non-hydrogen) atoms. The van der Waals surface area contributed by atoms with Crippen LogP contribution in [0.15, 0.2) is 0 Å². The van der Waals surface area contributed by atoms with E-state index in [0.29, 0.717) is 18.1 Å². The van der Waals surface area contributed by atoms with Crippen LogP contribution in [0, 0.1) is 0 Å². The summed E-state index contributed by atoms with van der Waals surface area (Å²) in [5.41, 5.74) is 6.13. The van der Waals surface area contributed by atoms with Gasteiger partial charge < -0.3 is 10.6 Å². The number of likely N-dealkylation sites (tertiary alicyclic amines) is 1. The molecule has 0 saturated carbocycles. The zero-order valence-corrected chi connectivity index (χ0v) is 14.4. The molecule has 128 valence electrons. The standard InChI is InChI=1S/C15H30N4O2S/c1-22(20,21)17-13-3-2-6-18(11-13)7-8-19-14-4-5-15(19)10-12(16)9-14/h12-15,17H,2-11,16H2,1H3/t12?,13-,14-,15+/m1/s1. The SMILES string of the molecule is CS(=O)(=O)N[C@@H]1CCCN(CCN2[C@@H]3CC[C@H]2CC(N)C3)C1. The number of piperidine rings is 2. The summed E-state index contributed by atoms with van der Waals surface area (Å²) in [7, 11) is -3.10. The summed E-state index contributed by atoms with van der Waals surface area (Å²) in [4.78, 5) is 5.08. The van der Waals surface area contributed by atoms with Crippen LogP contribution in [-0.4, -0.2) is 74.8 Å². The molecule has 3 saturated heterocycles. The Morgan fingerprint density at radius 1 is 1.14 bits per heavy atom. The van der Waals surface area contributed by atoms with Gasteiger partial charge in [-0.1, -0.05) is 0 Å². The van der Waals surface area contributed by atoms with Gasteiger partial charge in [0.25, 0.3) is 0 Å². The average molecular weight is 330 g/mol. The predicted octanol–water partition coefficient (Wildman–Crippen LogP) is -0.0459. The molecule has 3 heterocycles. The van der Waals surface area contributed by atoms with Crippen molar-refractivity contribution < 1.29 is 8.42 Å². The molecule has 1 unspecified atom stereocenters. The van der Waals surface area contributed by atoms with Gasteiger partial charge in [0.2, 0.25) is 10.0 Å². The Morgan fingerprint density at radius 3 is 2.45 bits per heavy atom. The lowest BCUT2D eigenvalue weighted by atomic mass is 9.98. The molecule has 0 radical (unpaired) electrons. The van der Waals surface area contributed by atoms with Crippen molar-refractivity contribution >= 4 is 10.0 Å². The summed E-state index contributed by atoms with van der Waals surface area (Å²) < 4.78 is 25.5. The summed E-state index contributed by atoms with van der Waals surface area (Å²) in [5, 5.41) is 0. The van der Waals surface area contributed by atoms with Crippen molar-refractivity contribution in [2.45, 2.75) is 62.7 Å². The topological polar surface area (TPSA) is 78.7 Å². The van der Waals surface area contributed by atoms with Gasteiger partial charge >= 0.3 is 0 Å². The Balaban J connectivity index is 1.47. The number of nitrogens with two attached hydrogens (primary N) is 1. The van der Waals surface area contributed by atoms with Crippen LogP contribution in [0.1, 0.15) is 38.5 Å². The summed E-state index contributed by atoms with van der Waals surface area (Å²) in [6.45, 7) is 4.08. The van der Waals surface area contributed by atoms with Crippen LogP contribution in [-0.2, 0) is 10.0 Å². The van der Waals surface area contributed by atoms with E-state index in [1.54, 1.807) is 0 Å². The van der Waals surface area contributed by atoms with Gasteiger partial charge in [-0.2, -0.15) is 0 Å². The number of rotatable bonds is 5. The Labute approximate surface area is 134 Å². The molecule has 0 spiro atoms. The van der Waals surface area contributed by atoms with E-state index in [-0.39, 0.29) is 6.04 Å². The second kappa shape index (κ2) is 6.73. The van der Waals surface area contributed by atoms with Crippen molar-refractivity contribution in [3.8, 4) is 0 Å². The summed E-state index contributed by atoms with van der Waals surface area (Å²) >= 11 is 0. The second-order valence-electron chi connectivity index (χ2n) is 7.38. The number of hydrogen-bond acceptors (Lipinski definition) is 5. The van der Waals surface area contributed by atoms with E-state index in [1.807, 2.05) is 0 Å². The zero-order valence-electron chi connectivity index (χ0n) is 13.6. The third-order valence-electron chi connectivity index (χ3n) is 5.48. The molecule has 2 bridgehead atoms. The van der Waals surface area contributed by atoms with Crippen molar-refractivity contribution in [2.75, 3.05) is 32.4 Å². The zero-order chi connectivity index (χ0) is 15.7. The van der Waals surface area contributed by atoms with Crippen LogP contribution >= 0.6 is 0 Å². The lowest BCUT2D eigenvalue weighted by Gasteiger charge is -2.40. The fourth-order valence-electron chi connectivity index (χ4n) is 4.60. The number of hydrogen-bond donors (Lipinski definition) is 2. The molecule has 0 aromatic rings. The van der Waals surface area contributed by atoms with Gasteiger partial charge in [0.05, 0.1) is 6.26 Å². The van der Waals surface area contributed by atoms with Gasteiger partial charge in [-0.3, -0.25) is 4.90 Å². The Kier molecular flexibility index (Phi) is 5.09. The summed E-state index contributed by atoms with van der Waals surface area (Å²) in [6, 6.07) is 1.84. The summed E-state index contributed by atoms with van der Waals surface area (Å²) in [6.07, 6.45) is 8.18. The lowest BCUT2D eigenvalue weighted by molar-refractivity contribution is 0.0998. The molecule has 0 aromatic heterocycles. The molecule has 3 N–H and O–H groups in total. The van der Waals surface area contributed by atoms with Crippen molar-refractivity contribution in [1.29, 1.82) is 0 Å². The van der Waals surface area contributed by atoms with Crippen molar-refractivity contribution in [2.24, 2.45) is 5.73 Å². The van der Waals surface area contributed by atoms with E-state index in [1.165, 1.54) is 19.1 Å². The maximum atomic E-state index is 11.4. The van der Waals surface area contributed by atoms with Gasteiger partial charge in [0, 0.05) is 43.8 Å². The third kappa shape index (κ3) is 4.20. The monoisotopic (exact) mass is 330 g/mol. The number of sulfonamides is 1. The number of nitrogens with zero attached hydrogens (tertiary/aromatic N) is 2. The van der Waals surface area contributed by atoms with Crippen LogP contribution in [0.5, 0.6) is 0 Å². The van der Waals surface area contributed by atoms with E-state index in [9.17, 15) is 8.42 Å². The van der Waals surface area contributed by atoms with Gasteiger partial charge in [0.1, 0.15) is 0 Å². The first-order valence-electron chi connectivity index (χ1n) is 8.62. The van der Waals surface area contributed by atoms with Crippen molar-refractivity contribution in [3.63, 3.8) is 0 Å². The minimum Gasteiger partial charge on any atom is -0.328 e. The molecule has 0 aromatic carbocycles. The van der Waals surface area contributed by atoms with Crippen LogP contribution in [0.4, 0.5) is 0 Å². The van der Waals surface area contributed by atoms with E-state index in [0.717, 1.165) is 51.9 Å². The first-order valence-corrected chi connectivity index (χ1v) is 10.5. The van der Waals surface area contributed by atoms with Gasteiger partial charge in [0.15, 0.2) is 0 Å². The Hall–Kier alpha value is -0.210. The molecule has 4 atom stereocenters. The largest absolute Gasteiger partial charge is 0.328 e. The van der Waals surface area contributed by atoms with Gasteiger partial charge in [-0.05, 0) is 45.1 Å². The van der Waals surface area contributed by atoms with E-state index in [4.69, 9.17) is 5.73 Å². The third-order valence-corrected chi connectivity index (χ3v) is 6.24. The van der Waals surface area contributed by atoms with Gasteiger partial charge in [-0.25, -0.2) is 13.1 Å². The number of nitrogens with one attached hydrogen (secondary N) is 1. The van der Waals surface area contributed by atoms with Crippen LogP contribution in [0.3, 0.4) is 0 Å². The maximum Gasteiger partial charge on any atom is 0.208 e. The highest BCUT2D eigenvalue weighted by Gasteiger charge is 2.39. The first kappa shape index (κ1) is 16.6. The minimum absolute atomic E-state index is 0.0789. The Bertz CT molecular complexity index is 470. The summed E-state index contributed by atoms with van der Waals surface area (Å²) in [5.74, 6) is 0. The smallest absolute Gasteiger partial charge is 0.208 e. The first-order chi connectivity index (χ1) is 10.4. The molecule has 3 aliphatic heterocycles. The fraction of sp³-hybridized carbons (Fsp3) is 1.00. The quantitative estimate of drug-likeness (QED) is 0.739. The van der Waals surface area contributed by atoms with E-state index < -0.39 is 10.0 Å². The molecule has 3 rings (SSSR count). The van der Waals surface area contributed by atoms with Crippen molar-refractivity contribution in [1.82, 2.24) is 14.5 Å². The highest BCUT2D eigenvalue weighted by Crippen LogP contribution is 2.34. The normalized spacial score (nSPS) is 37.5. The second-order valence-corrected chi connectivity index (χ2v) is 9.16.